The van der Waals surface area contributed by atoms with Gasteiger partial charge < -0.3 is 10.1 Å². The maximum Gasteiger partial charge on any atom is 0.0587 e. The van der Waals surface area contributed by atoms with Crippen LogP contribution in [-0.2, 0) is 4.74 Å². The second-order valence-electron chi connectivity index (χ2n) is 6.13. The van der Waals surface area contributed by atoms with Crippen molar-refractivity contribution in [1.82, 2.24) is 5.32 Å². The molecule has 0 amide bonds. The normalized spacial score (nSPS) is 17.1. The third-order valence-corrected chi connectivity index (χ3v) is 4.37. The van der Waals surface area contributed by atoms with Crippen LogP contribution in [0.3, 0.4) is 0 Å². The summed E-state index contributed by atoms with van der Waals surface area (Å²) in [6, 6.07) is 8.85. The highest BCUT2D eigenvalue weighted by Gasteiger charge is 2.17. The van der Waals surface area contributed by atoms with Crippen LogP contribution >= 0.6 is 0 Å². The van der Waals surface area contributed by atoms with Crippen molar-refractivity contribution in [2.24, 2.45) is 5.92 Å². The summed E-state index contributed by atoms with van der Waals surface area (Å²) in [5.74, 6) is 0.759. The van der Waals surface area contributed by atoms with Gasteiger partial charge in [0.25, 0.3) is 0 Å². The molecule has 2 heteroatoms. The van der Waals surface area contributed by atoms with Crippen LogP contribution in [0.15, 0.2) is 29.8 Å². The Balaban J connectivity index is 2.04. The predicted molar refractivity (Wildman–Crippen MR) is 90.5 cm³/mol. The molecule has 0 unspecified atom stereocenters. The van der Waals surface area contributed by atoms with E-state index in [4.69, 9.17) is 4.74 Å². The predicted octanol–water partition coefficient (Wildman–Crippen LogP) is 4.19. The highest BCUT2D eigenvalue weighted by molar-refractivity contribution is 5.54. The Morgan fingerprint density at radius 2 is 1.90 bits per heavy atom. The molecule has 1 aliphatic rings. The Bertz CT molecular complexity index is 429. The van der Waals surface area contributed by atoms with Gasteiger partial charge in [-0.05, 0) is 31.2 Å². The van der Waals surface area contributed by atoms with Crippen molar-refractivity contribution >= 4 is 6.08 Å². The Morgan fingerprint density at radius 1 is 1.19 bits per heavy atom. The van der Waals surface area contributed by atoms with Gasteiger partial charge in [0.2, 0.25) is 0 Å². The van der Waals surface area contributed by atoms with E-state index in [1.54, 1.807) is 12.7 Å². The smallest absolute Gasteiger partial charge is 0.0587 e. The van der Waals surface area contributed by atoms with Gasteiger partial charge in [-0.1, -0.05) is 60.7 Å². The van der Waals surface area contributed by atoms with Crippen molar-refractivity contribution in [2.75, 3.05) is 26.8 Å². The first-order chi connectivity index (χ1) is 10.3. The molecular formula is C19H29NO. The molecule has 2 nitrogen and oxygen atoms in total. The molecule has 2 rings (SSSR count). The Labute approximate surface area is 129 Å². The second kappa shape index (κ2) is 9.01. The number of rotatable bonds is 7. The summed E-state index contributed by atoms with van der Waals surface area (Å²) >= 11 is 0. The fourth-order valence-corrected chi connectivity index (χ4v) is 3.07. The van der Waals surface area contributed by atoms with Crippen LogP contribution < -0.4 is 5.32 Å². The molecule has 0 aromatic heterocycles. The van der Waals surface area contributed by atoms with E-state index in [0.29, 0.717) is 0 Å². The van der Waals surface area contributed by atoms with E-state index in [0.717, 1.165) is 25.6 Å². The van der Waals surface area contributed by atoms with Crippen LogP contribution in [0.1, 0.15) is 43.2 Å². The number of hydrogen-bond acceptors (Lipinski definition) is 2. The maximum atomic E-state index is 5.12. The lowest BCUT2D eigenvalue weighted by Gasteiger charge is -2.25. The number of aryl methyl sites for hydroxylation is 1. The summed E-state index contributed by atoms with van der Waals surface area (Å²) in [5, 5.41) is 3.52. The summed E-state index contributed by atoms with van der Waals surface area (Å²) in [7, 11) is 1.76. The van der Waals surface area contributed by atoms with Crippen LogP contribution in [0, 0.1) is 12.8 Å². The van der Waals surface area contributed by atoms with Crippen molar-refractivity contribution in [3.05, 3.63) is 41.0 Å². The van der Waals surface area contributed by atoms with Gasteiger partial charge in [0.05, 0.1) is 6.61 Å². The van der Waals surface area contributed by atoms with Crippen LogP contribution in [0.5, 0.6) is 0 Å². The topological polar surface area (TPSA) is 21.3 Å². The molecule has 0 atom stereocenters. The number of hydrogen-bond donors (Lipinski definition) is 1. The van der Waals surface area contributed by atoms with Gasteiger partial charge in [-0.2, -0.15) is 0 Å². The van der Waals surface area contributed by atoms with Gasteiger partial charge in [-0.25, -0.2) is 0 Å². The molecule has 1 aromatic rings. The molecule has 0 spiro atoms. The van der Waals surface area contributed by atoms with Crippen molar-refractivity contribution in [2.45, 2.75) is 39.0 Å². The van der Waals surface area contributed by atoms with E-state index >= 15 is 0 Å². The summed E-state index contributed by atoms with van der Waals surface area (Å²) in [6.07, 6.45) is 9.27. The molecule has 0 heterocycles. The minimum atomic E-state index is 0.759. The lowest BCUT2D eigenvalue weighted by atomic mass is 9.83. The van der Waals surface area contributed by atoms with Gasteiger partial charge in [0.15, 0.2) is 0 Å². The van der Waals surface area contributed by atoms with Crippen LogP contribution in [-0.4, -0.2) is 26.8 Å². The van der Waals surface area contributed by atoms with Gasteiger partial charge in [-0.15, -0.1) is 0 Å². The zero-order valence-electron chi connectivity index (χ0n) is 13.5. The second-order valence-corrected chi connectivity index (χ2v) is 6.13. The van der Waals surface area contributed by atoms with E-state index in [2.05, 4.69) is 42.6 Å². The van der Waals surface area contributed by atoms with E-state index in [-0.39, 0.29) is 0 Å². The first-order valence-electron chi connectivity index (χ1n) is 8.26. The summed E-state index contributed by atoms with van der Waals surface area (Å²) in [5.41, 5.74) is 4.22. The molecule has 1 aromatic carbocycles. The molecule has 0 bridgehead atoms. The van der Waals surface area contributed by atoms with Crippen LogP contribution in [0.2, 0.25) is 0 Å². The van der Waals surface area contributed by atoms with E-state index in [1.807, 2.05) is 0 Å². The molecule has 0 saturated heterocycles. The molecule has 21 heavy (non-hydrogen) atoms. The number of ether oxygens (including phenoxy) is 1. The van der Waals surface area contributed by atoms with E-state index in [9.17, 15) is 0 Å². The zero-order valence-corrected chi connectivity index (χ0v) is 13.5. The third-order valence-electron chi connectivity index (χ3n) is 4.37. The average Bonchev–Trinajstić information content (AvgIpc) is 2.53. The molecule has 116 valence electrons. The lowest BCUT2D eigenvalue weighted by molar-refractivity contribution is 0.200. The zero-order chi connectivity index (χ0) is 14.9. The van der Waals surface area contributed by atoms with Gasteiger partial charge in [0, 0.05) is 20.2 Å². The van der Waals surface area contributed by atoms with Crippen LogP contribution in [0.25, 0.3) is 6.08 Å². The van der Waals surface area contributed by atoms with Gasteiger partial charge >= 0.3 is 0 Å². The third kappa shape index (κ3) is 5.64. The minimum Gasteiger partial charge on any atom is -0.383 e. The lowest BCUT2D eigenvalue weighted by Crippen LogP contribution is -2.25. The van der Waals surface area contributed by atoms with Crippen molar-refractivity contribution in [3.8, 4) is 0 Å². The molecule has 0 aliphatic heterocycles. The molecular weight excluding hydrogens is 258 g/mol. The largest absolute Gasteiger partial charge is 0.383 e. The molecule has 0 radical (unpaired) electrons. The van der Waals surface area contributed by atoms with Crippen molar-refractivity contribution < 1.29 is 4.74 Å². The fourth-order valence-electron chi connectivity index (χ4n) is 3.07. The fraction of sp³-hybridized carbons (Fsp3) is 0.579. The summed E-state index contributed by atoms with van der Waals surface area (Å²) < 4.78 is 5.12. The highest BCUT2D eigenvalue weighted by Crippen LogP contribution is 2.30. The quantitative estimate of drug-likeness (QED) is 0.759. The summed E-state index contributed by atoms with van der Waals surface area (Å²) in [4.78, 5) is 0. The average molecular weight is 287 g/mol. The van der Waals surface area contributed by atoms with Crippen molar-refractivity contribution in [1.29, 1.82) is 0 Å². The Kier molecular flexibility index (Phi) is 6.98. The first kappa shape index (κ1) is 16.3. The standard InChI is InChI=1S/C19H29NO/c1-16-8-10-17(11-9-16)14-19(15-20-12-13-21-2)18-6-4-3-5-7-18/h8-11,14,18,20H,3-7,12-13,15H2,1-2H3/b19-14-. The summed E-state index contributed by atoms with van der Waals surface area (Å²) in [6.45, 7) is 4.83. The van der Waals surface area contributed by atoms with E-state index < -0.39 is 0 Å². The van der Waals surface area contributed by atoms with E-state index in [1.165, 1.54) is 43.2 Å². The minimum absolute atomic E-state index is 0.759. The number of benzene rings is 1. The SMILES string of the molecule is COCCNC/C(=C/c1ccc(C)cc1)C1CCCCC1. The molecule has 1 fully saturated rings. The maximum absolute atomic E-state index is 5.12. The van der Waals surface area contributed by atoms with Gasteiger partial charge in [-0.3, -0.25) is 0 Å². The number of nitrogens with one attached hydrogen (secondary N) is 1. The molecule has 1 N–H and O–H groups in total. The monoisotopic (exact) mass is 287 g/mol. The molecule has 1 saturated carbocycles. The van der Waals surface area contributed by atoms with Crippen LogP contribution in [0.4, 0.5) is 0 Å². The van der Waals surface area contributed by atoms with Gasteiger partial charge in [0.1, 0.15) is 0 Å². The molecule has 1 aliphatic carbocycles. The highest BCUT2D eigenvalue weighted by atomic mass is 16.5. The Hall–Kier alpha value is -1.12. The Morgan fingerprint density at radius 3 is 2.57 bits per heavy atom. The number of methoxy groups -OCH3 is 1. The van der Waals surface area contributed by atoms with Crippen molar-refractivity contribution in [3.63, 3.8) is 0 Å². The first-order valence-corrected chi connectivity index (χ1v) is 8.26.